The van der Waals surface area contributed by atoms with Gasteiger partial charge in [0.05, 0.1) is 26.8 Å². The predicted molar refractivity (Wildman–Crippen MR) is 128 cm³/mol. The van der Waals surface area contributed by atoms with Gasteiger partial charge in [-0.05, 0) is 37.3 Å². The van der Waals surface area contributed by atoms with Gasteiger partial charge in [-0.15, -0.1) is 11.3 Å². The lowest BCUT2D eigenvalue weighted by atomic mass is 10.2. The molecule has 4 aromatic rings. The summed E-state index contributed by atoms with van der Waals surface area (Å²) in [6.45, 7) is 3.19. The van der Waals surface area contributed by atoms with Crippen LogP contribution in [0.3, 0.4) is 0 Å². The molecule has 8 nitrogen and oxygen atoms in total. The van der Waals surface area contributed by atoms with E-state index in [0.29, 0.717) is 22.1 Å². The van der Waals surface area contributed by atoms with Crippen molar-refractivity contribution in [2.45, 2.75) is 18.1 Å². The Labute approximate surface area is 197 Å². The summed E-state index contributed by atoms with van der Waals surface area (Å²) in [6.07, 6.45) is 3.18. The minimum atomic E-state index is -3.90. The second-order valence-electron chi connectivity index (χ2n) is 6.62. The molecule has 4 rings (SSSR count). The average Bonchev–Trinajstić information content (AvgIpc) is 3.37. The fourth-order valence-corrected chi connectivity index (χ4v) is 6.36. The first kappa shape index (κ1) is 22.3. The van der Waals surface area contributed by atoms with Gasteiger partial charge < -0.3 is 5.32 Å². The molecule has 0 atom stereocenters. The molecule has 32 heavy (non-hydrogen) atoms. The summed E-state index contributed by atoms with van der Waals surface area (Å²) in [5.41, 5.74) is 2.14. The van der Waals surface area contributed by atoms with E-state index in [1.807, 2.05) is 12.1 Å². The summed E-state index contributed by atoms with van der Waals surface area (Å²) in [5.74, 6) is -0.228. The zero-order valence-corrected chi connectivity index (χ0v) is 20.0. The Morgan fingerprint density at radius 3 is 2.66 bits per heavy atom. The highest BCUT2D eigenvalue weighted by molar-refractivity contribution is 7.94. The number of aromatic nitrogens is 3. The molecule has 0 aliphatic rings. The number of hydrogen-bond donors (Lipinski definition) is 2. The summed E-state index contributed by atoms with van der Waals surface area (Å²) in [5, 5.41) is 3.11. The second kappa shape index (κ2) is 8.94. The largest absolute Gasteiger partial charge is 0.302 e. The summed E-state index contributed by atoms with van der Waals surface area (Å²) in [6, 6.07) is 10.3. The predicted octanol–water partition coefficient (Wildman–Crippen LogP) is 5.05. The fourth-order valence-electron chi connectivity index (χ4n) is 2.82. The smallest absolute Gasteiger partial charge is 0.271 e. The third-order valence-corrected chi connectivity index (χ3v) is 8.58. The van der Waals surface area contributed by atoms with Crippen molar-refractivity contribution in [3.63, 3.8) is 0 Å². The van der Waals surface area contributed by atoms with Crippen LogP contribution in [0.2, 0.25) is 5.15 Å². The highest BCUT2D eigenvalue weighted by Gasteiger charge is 2.21. The number of aryl methyl sites for hydroxylation is 1. The first-order valence-electron chi connectivity index (χ1n) is 9.18. The van der Waals surface area contributed by atoms with Crippen LogP contribution in [0.15, 0.2) is 53.0 Å². The number of halogens is 1. The quantitative estimate of drug-likeness (QED) is 0.354. The number of hydrogen-bond acceptors (Lipinski definition) is 8. The maximum absolute atomic E-state index is 13.0. The standard InChI is InChI=1S/C20H16ClN5O3S3/c1-11-18(31-20(24-11)25-12(2)27)13-9-15(19(21)23-10-13)26-32(28,29)17-7-6-16(30-17)14-5-3-4-8-22-14/h3-10,26H,1-2H3,(H,24,25,27). The minimum absolute atomic E-state index is 0.0167. The van der Waals surface area contributed by atoms with Crippen LogP contribution in [0.25, 0.3) is 21.0 Å². The molecule has 1 amide bonds. The number of nitrogens with one attached hydrogen (secondary N) is 2. The van der Waals surface area contributed by atoms with Gasteiger partial charge in [-0.3, -0.25) is 14.5 Å². The van der Waals surface area contributed by atoms with E-state index in [1.165, 1.54) is 30.5 Å². The number of amides is 1. The highest BCUT2D eigenvalue weighted by Crippen LogP contribution is 2.36. The number of thiophene rings is 1. The van der Waals surface area contributed by atoms with Crippen molar-refractivity contribution >= 4 is 61.0 Å². The molecule has 0 aromatic carbocycles. The van der Waals surface area contributed by atoms with Crippen LogP contribution in [-0.2, 0) is 14.8 Å². The van der Waals surface area contributed by atoms with Crippen molar-refractivity contribution in [3.05, 3.63) is 59.6 Å². The molecule has 0 saturated heterocycles. The van der Waals surface area contributed by atoms with Crippen LogP contribution in [0, 0.1) is 6.92 Å². The van der Waals surface area contributed by atoms with Crippen molar-refractivity contribution in [2.75, 3.05) is 10.0 Å². The van der Waals surface area contributed by atoms with Crippen LogP contribution in [0.1, 0.15) is 12.6 Å². The topological polar surface area (TPSA) is 114 Å². The van der Waals surface area contributed by atoms with Crippen molar-refractivity contribution in [1.29, 1.82) is 0 Å². The number of sulfonamides is 1. The van der Waals surface area contributed by atoms with Crippen LogP contribution < -0.4 is 10.0 Å². The fraction of sp³-hybridized carbons (Fsp3) is 0.100. The number of nitrogens with zero attached hydrogens (tertiary/aromatic N) is 3. The van der Waals surface area contributed by atoms with Crippen molar-refractivity contribution in [1.82, 2.24) is 15.0 Å². The molecule has 0 spiro atoms. The molecule has 0 unspecified atom stereocenters. The van der Waals surface area contributed by atoms with Gasteiger partial charge in [-0.25, -0.2) is 18.4 Å². The van der Waals surface area contributed by atoms with Crippen molar-refractivity contribution in [3.8, 4) is 21.0 Å². The van der Waals surface area contributed by atoms with E-state index in [4.69, 9.17) is 11.6 Å². The van der Waals surface area contributed by atoms with E-state index in [-0.39, 0.29) is 21.0 Å². The monoisotopic (exact) mass is 505 g/mol. The number of anilines is 2. The third-order valence-electron chi connectivity index (χ3n) is 4.19. The summed E-state index contributed by atoms with van der Waals surface area (Å²) < 4.78 is 28.6. The molecule has 0 bridgehead atoms. The van der Waals surface area contributed by atoms with E-state index < -0.39 is 10.0 Å². The SMILES string of the molecule is CC(=O)Nc1nc(C)c(-c2cnc(Cl)c(NS(=O)(=O)c3ccc(-c4ccccn4)s3)c2)s1. The molecule has 12 heteroatoms. The summed E-state index contributed by atoms with van der Waals surface area (Å²) in [4.78, 5) is 25.5. The maximum Gasteiger partial charge on any atom is 0.271 e. The van der Waals surface area contributed by atoms with Gasteiger partial charge >= 0.3 is 0 Å². The van der Waals surface area contributed by atoms with E-state index in [1.54, 1.807) is 31.3 Å². The van der Waals surface area contributed by atoms with Gasteiger partial charge in [0.15, 0.2) is 10.3 Å². The molecule has 4 heterocycles. The minimum Gasteiger partial charge on any atom is -0.302 e. The molecular weight excluding hydrogens is 490 g/mol. The Morgan fingerprint density at radius 1 is 1.12 bits per heavy atom. The Bertz CT molecular complexity index is 1400. The van der Waals surface area contributed by atoms with Gasteiger partial charge in [0.1, 0.15) is 4.21 Å². The lowest BCUT2D eigenvalue weighted by Crippen LogP contribution is -2.12. The maximum atomic E-state index is 13.0. The molecule has 164 valence electrons. The summed E-state index contributed by atoms with van der Waals surface area (Å²) >= 11 is 8.55. The molecule has 0 saturated carbocycles. The van der Waals surface area contributed by atoms with Crippen LogP contribution in [-0.4, -0.2) is 29.3 Å². The zero-order chi connectivity index (χ0) is 22.9. The Morgan fingerprint density at radius 2 is 1.94 bits per heavy atom. The molecular formula is C20H16ClN5O3S3. The second-order valence-corrected chi connectivity index (χ2v) is 11.0. The van der Waals surface area contributed by atoms with E-state index in [2.05, 4.69) is 25.0 Å². The first-order valence-corrected chi connectivity index (χ1v) is 12.7. The average molecular weight is 506 g/mol. The molecule has 0 radical (unpaired) electrons. The number of pyridine rings is 2. The Balaban J connectivity index is 1.63. The number of thiazole rings is 1. The third kappa shape index (κ3) is 4.80. The lowest BCUT2D eigenvalue weighted by molar-refractivity contribution is -0.114. The van der Waals surface area contributed by atoms with Gasteiger partial charge in [-0.1, -0.05) is 29.0 Å². The van der Waals surface area contributed by atoms with Crippen molar-refractivity contribution < 1.29 is 13.2 Å². The molecule has 0 fully saturated rings. The van der Waals surface area contributed by atoms with E-state index in [0.717, 1.165) is 21.1 Å². The number of rotatable bonds is 6. The van der Waals surface area contributed by atoms with E-state index >= 15 is 0 Å². The lowest BCUT2D eigenvalue weighted by Gasteiger charge is -2.09. The van der Waals surface area contributed by atoms with E-state index in [9.17, 15) is 13.2 Å². The number of carbonyl (C=O) groups excluding carboxylic acids is 1. The zero-order valence-electron chi connectivity index (χ0n) is 16.8. The summed E-state index contributed by atoms with van der Waals surface area (Å²) in [7, 11) is -3.90. The normalized spacial score (nSPS) is 11.3. The first-order chi connectivity index (χ1) is 15.2. The Hall–Kier alpha value is -2.86. The molecule has 2 N–H and O–H groups in total. The van der Waals surface area contributed by atoms with Gasteiger partial charge in [-0.2, -0.15) is 0 Å². The molecule has 0 aliphatic carbocycles. The van der Waals surface area contributed by atoms with Crippen LogP contribution in [0.5, 0.6) is 0 Å². The van der Waals surface area contributed by atoms with Crippen molar-refractivity contribution in [2.24, 2.45) is 0 Å². The van der Waals surface area contributed by atoms with Gasteiger partial charge in [0.25, 0.3) is 10.0 Å². The highest BCUT2D eigenvalue weighted by atomic mass is 35.5. The molecule has 4 aromatic heterocycles. The van der Waals surface area contributed by atoms with Gasteiger partial charge in [0, 0.05) is 24.9 Å². The Kier molecular flexibility index (Phi) is 6.24. The van der Waals surface area contributed by atoms with Gasteiger partial charge in [0.2, 0.25) is 5.91 Å². The number of carbonyl (C=O) groups is 1. The molecule has 0 aliphatic heterocycles. The van der Waals surface area contributed by atoms with Crippen LogP contribution >= 0.6 is 34.3 Å². The van der Waals surface area contributed by atoms with Crippen LogP contribution in [0.4, 0.5) is 10.8 Å².